The Labute approximate surface area is 155 Å². The molecule has 6 heteroatoms. The Bertz CT molecular complexity index is 874. The van der Waals surface area contributed by atoms with Gasteiger partial charge in [-0.2, -0.15) is 0 Å². The molecule has 0 radical (unpaired) electrons. The molecular formula is C20H24N2O3S. The lowest BCUT2D eigenvalue weighted by Crippen LogP contribution is -2.23. The second-order valence-corrected chi connectivity index (χ2v) is 8.36. The van der Waals surface area contributed by atoms with E-state index in [9.17, 15) is 13.2 Å². The summed E-state index contributed by atoms with van der Waals surface area (Å²) in [5.74, 6) is 0.529. The first-order chi connectivity index (χ1) is 12.4. The number of nitrogens with zero attached hydrogens (tertiary/aromatic N) is 1. The first kappa shape index (κ1) is 18.5. The van der Waals surface area contributed by atoms with Crippen molar-refractivity contribution in [3.8, 4) is 0 Å². The van der Waals surface area contributed by atoms with Crippen LogP contribution < -0.4 is 9.62 Å². The highest BCUT2D eigenvalue weighted by molar-refractivity contribution is 7.92. The Balaban J connectivity index is 1.74. The van der Waals surface area contributed by atoms with Gasteiger partial charge in [-0.25, -0.2) is 8.42 Å². The zero-order valence-corrected chi connectivity index (χ0v) is 15.9. The standard InChI is InChI=1S/C20H24N2O3S/c1-3-15(2)16-6-8-17(9-7-16)21-26(24,25)19-12-10-18(11-13-19)22-14-4-5-20(22)23/h6-13,15,21H,3-5,14H2,1-2H3/t15-/m1/s1. The van der Waals surface area contributed by atoms with Gasteiger partial charge in [0.2, 0.25) is 5.91 Å². The van der Waals surface area contributed by atoms with Gasteiger partial charge in [-0.05, 0) is 60.7 Å². The smallest absolute Gasteiger partial charge is 0.261 e. The van der Waals surface area contributed by atoms with E-state index in [0.717, 1.165) is 18.5 Å². The van der Waals surface area contributed by atoms with Crippen LogP contribution in [0.5, 0.6) is 0 Å². The third-order valence-electron chi connectivity index (χ3n) is 4.88. The van der Waals surface area contributed by atoms with Crippen LogP contribution >= 0.6 is 0 Å². The average molecular weight is 372 g/mol. The zero-order chi connectivity index (χ0) is 18.7. The van der Waals surface area contributed by atoms with E-state index < -0.39 is 10.0 Å². The van der Waals surface area contributed by atoms with Gasteiger partial charge in [0.05, 0.1) is 4.90 Å². The number of hydrogen-bond acceptors (Lipinski definition) is 3. The van der Waals surface area contributed by atoms with Gasteiger partial charge in [-0.3, -0.25) is 9.52 Å². The van der Waals surface area contributed by atoms with Crippen LogP contribution in [0.4, 0.5) is 11.4 Å². The molecule has 0 saturated carbocycles. The van der Waals surface area contributed by atoms with Crippen LogP contribution in [0, 0.1) is 0 Å². The molecule has 3 rings (SSSR count). The van der Waals surface area contributed by atoms with Crippen molar-refractivity contribution in [2.45, 2.75) is 43.9 Å². The molecule has 1 amide bonds. The van der Waals surface area contributed by atoms with E-state index in [0.29, 0.717) is 24.6 Å². The van der Waals surface area contributed by atoms with Crippen LogP contribution in [0.3, 0.4) is 0 Å². The number of carbonyl (C=O) groups is 1. The summed E-state index contributed by atoms with van der Waals surface area (Å²) in [5.41, 5.74) is 2.47. The molecule has 0 unspecified atom stereocenters. The number of nitrogens with one attached hydrogen (secondary N) is 1. The third kappa shape index (κ3) is 3.90. The average Bonchev–Trinajstić information content (AvgIpc) is 3.07. The highest BCUT2D eigenvalue weighted by Crippen LogP contribution is 2.25. The molecular weight excluding hydrogens is 348 g/mol. The lowest BCUT2D eigenvalue weighted by molar-refractivity contribution is -0.117. The van der Waals surface area contributed by atoms with E-state index in [4.69, 9.17) is 0 Å². The van der Waals surface area contributed by atoms with E-state index in [2.05, 4.69) is 18.6 Å². The number of hydrogen-bond donors (Lipinski definition) is 1. The Morgan fingerprint density at radius 2 is 1.73 bits per heavy atom. The molecule has 1 fully saturated rings. The Morgan fingerprint density at radius 1 is 1.08 bits per heavy atom. The van der Waals surface area contributed by atoms with Crippen molar-refractivity contribution < 1.29 is 13.2 Å². The van der Waals surface area contributed by atoms with Crippen LogP contribution in [-0.2, 0) is 14.8 Å². The SMILES string of the molecule is CC[C@@H](C)c1ccc(NS(=O)(=O)c2ccc(N3CCCC3=O)cc2)cc1. The van der Waals surface area contributed by atoms with Gasteiger partial charge in [0.15, 0.2) is 0 Å². The predicted molar refractivity (Wildman–Crippen MR) is 104 cm³/mol. The summed E-state index contributed by atoms with van der Waals surface area (Å²) in [6.07, 6.45) is 2.43. The number of carbonyl (C=O) groups excluding carboxylic acids is 1. The van der Waals surface area contributed by atoms with Gasteiger partial charge >= 0.3 is 0 Å². The monoisotopic (exact) mass is 372 g/mol. The number of benzene rings is 2. The van der Waals surface area contributed by atoms with Crippen molar-refractivity contribution in [1.82, 2.24) is 0 Å². The van der Waals surface area contributed by atoms with Crippen molar-refractivity contribution in [3.05, 3.63) is 54.1 Å². The van der Waals surface area contributed by atoms with Gasteiger partial charge in [0, 0.05) is 24.3 Å². The molecule has 0 bridgehead atoms. The summed E-state index contributed by atoms with van der Waals surface area (Å²) in [5, 5.41) is 0. The first-order valence-electron chi connectivity index (χ1n) is 8.94. The van der Waals surface area contributed by atoms with Crippen molar-refractivity contribution >= 4 is 27.3 Å². The lowest BCUT2D eigenvalue weighted by atomic mass is 9.99. The van der Waals surface area contributed by atoms with Crippen LogP contribution in [0.1, 0.15) is 44.6 Å². The van der Waals surface area contributed by atoms with Crippen molar-refractivity contribution in [1.29, 1.82) is 0 Å². The van der Waals surface area contributed by atoms with Crippen LogP contribution in [-0.4, -0.2) is 20.9 Å². The number of rotatable bonds is 6. The molecule has 1 heterocycles. The highest BCUT2D eigenvalue weighted by atomic mass is 32.2. The Hall–Kier alpha value is -2.34. The molecule has 26 heavy (non-hydrogen) atoms. The molecule has 0 aliphatic carbocycles. The van der Waals surface area contributed by atoms with E-state index >= 15 is 0 Å². The topological polar surface area (TPSA) is 66.5 Å². The van der Waals surface area contributed by atoms with E-state index in [1.54, 1.807) is 29.2 Å². The molecule has 1 aliphatic rings. The van der Waals surface area contributed by atoms with Crippen LogP contribution in [0.15, 0.2) is 53.4 Å². The molecule has 1 aliphatic heterocycles. The summed E-state index contributed by atoms with van der Waals surface area (Å²) in [4.78, 5) is 13.7. The quantitative estimate of drug-likeness (QED) is 0.829. The van der Waals surface area contributed by atoms with E-state index in [1.807, 2.05) is 12.1 Å². The fourth-order valence-corrected chi connectivity index (χ4v) is 4.11. The lowest BCUT2D eigenvalue weighted by Gasteiger charge is -2.16. The zero-order valence-electron chi connectivity index (χ0n) is 15.1. The van der Waals surface area contributed by atoms with Crippen molar-refractivity contribution in [2.24, 2.45) is 0 Å². The summed E-state index contributed by atoms with van der Waals surface area (Å²) in [6, 6.07) is 13.9. The summed E-state index contributed by atoms with van der Waals surface area (Å²) < 4.78 is 27.8. The maximum Gasteiger partial charge on any atom is 0.261 e. The fraction of sp³-hybridized carbons (Fsp3) is 0.350. The summed E-state index contributed by atoms with van der Waals surface area (Å²) in [6.45, 7) is 4.96. The van der Waals surface area contributed by atoms with Crippen LogP contribution in [0.25, 0.3) is 0 Å². The molecule has 1 atom stereocenters. The minimum atomic E-state index is -3.66. The van der Waals surface area contributed by atoms with Crippen molar-refractivity contribution in [2.75, 3.05) is 16.2 Å². The molecule has 138 valence electrons. The second kappa shape index (κ2) is 7.50. The maximum absolute atomic E-state index is 12.6. The fourth-order valence-electron chi connectivity index (χ4n) is 3.06. The third-order valence-corrected chi connectivity index (χ3v) is 6.27. The summed E-state index contributed by atoms with van der Waals surface area (Å²) >= 11 is 0. The summed E-state index contributed by atoms with van der Waals surface area (Å²) in [7, 11) is -3.66. The molecule has 1 N–H and O–H groups in total. The Morgan fingerprint density at radius 3 is 2.27 bits per heavy atom. The number of anilines is 2. The molecule has 0 aromatic heterocycles. The van der Waals surface area contributed by atoms with E-state index in [1.165, 1.54) is 17.7 Å². The van der Waals surface area contributed by atoms with Gasteiger partial charge in [-0.1, -0.05) is 26.0 Å². The first-order valence-corrected chi connectivity index (χ1v) is 10.4. The molecule has 2 aromatic carbocycles. The predicted octanol–water partition coefficient (Wildman–Crippen LogP) is 4.13. The number of amides is 1. The molecule has 0 spiro atoms. The van der Waals surface area contributed by atoms with Gasteiger partial charge in [-0.15, -0.1) is 0 Å². The molecule has 5 nitrogen and oxygen atoms in total. The van der Waals surface area contributed by atoms with Gasteiger partial charge in [0.1, 0.15) is 0 Å². The Kier molecular flexibility index (Phi) is 5.32. The minimum absolute atomic E-state index is 0.0835. The maximum atomic E-state index is 12.6. The van der Waals surface area contributed by atoms with Gasteiger partial charge < -0.3 is 4.90 Å². The van der Waals surface area contributed by atoms with E-state index in [-0.39, 0.29) is 10.8 Å². The number of sulfonamides is 1. The van der Waals surface area contributed by atoms with Crippen molar-refractivity contribution in [3.63, 3.8) is 0 Å². The molecule has 2 aromatic rings. The van der Waals surface area contributed by atoms with Gasteiger partial charge in [0.25, 0.3) is 10.0 Å². The highest BCUT2D eigenvalue weighted by Gasteiger charge is 2.22. The molecule has 1 saturated heterocycles. The second-order valence-electron chi connectivity index (χ2n) is 6.68. The largest absolute Gasteiger partial charge is 0.312 e. The minimum Gasteiger partial charge on any atom is -0.312 e. The van der Waals surface area contributed by atoms with Crippen LogP contribution in [0.2, 0.25) is 0 Å². The normalized spacial score (nSPS) is 15.9.